The third kappa shape index (κ3) is 5.25. The summed E-state index contributed by atoms with van der Waals surface area (Å²) in [5, 5.41) is 18.7. The number of rotatable bonds is 4. The lowest BCUT2D eigenvalue weighted by molar-refractivity contribution is -0.644. The topological polar surface area (TPSA) is 129 Å². The number of aryl methyl sites for hydroxylation is 1. The molecule has 0 radical (unpaired) electrons. The van der Waals surface area contributed by atoms with Crippen LogP contribution in [0.15, 0.2) is 59.8 Å². The van der Waals surface area contributed by atoms with E-state index in [1.54, 1.807) is 18.3 Å². The summed E-state index contributed by atoms with van der Waals surface area (Å²) in [6.07, 6.45) is 4.70. The van der Waals surface area contributed by atoms with Crippen LogP contribution in [0.2, 0.25) is 0 Å². The molecule has 0 N–H and O–H groups in total. The molecule has 1 aliphatic heterocycles. The van der Waals surface area contributed by atoms with Gasteiger partial charge >= 0.3 is 0 Å². The normalized spacial score (nSPS) is 15.5. The summed E-state index contributed by atoms with van der Waals surface area (Å²) in [5.74, 6) is 0. The van der Waals surface area contributed by atoms with E-state index < -0.39 is 10.4 Å². The third-order valence-corrected chi connectivity index (χ3v) is 5.46. The Labute approximate surface area is 185 Å². The number of nitro groups is 1. The summed E-state index contributed by atoms with van der Waals surface area (Å²) in [7, 11) is -1.68. The predicted molar refractivity (Wildman–Crippen MR) is 118 cm³/mol. The molecule has 168 valence electrons. The Morgan fingerprint density at radius 3 is 2.59 bits per heavy atom. The maximum Gasteiger partial charge on any atom is 0.270 e. The first kappa shape index (κ1) is 23.3. The van der Waals surface area contributed by atoms with Crippen LogP contribution in [0, 0.1) is 10.1 Å². The molecule has 1 unspecified atom stereocenters. The van der Waals surface area contributed by atoms with Crippen LogP contribution in [0.5, 0.6) is 0 Å². The minimum absolute atomic E-state index is 0.0817. The zero-order chi connectivity index (χ0) is 23.5. The number of hydrogen-bond donors (Lipinski definition) is 0. The second kappa shape index (κ2) is 9.39. The standard InChI is InChI=1S/C20H19N4O2.CH4O4S/c1-14-11-15-5-3-4-6-19(15)23(14)21-13-16-9-10-22(2)20-8-7-17(24(25)26)12-18(16)20;1-5-6(2,3)4/h3-10,12-14H,11H2,1-2H3;1H3,(H,2,3,4)/q+1;/p-1. The van der Waals surface area contributed by atoms with Crippen molar-refractivity contribution in [3.05, 3.63) is 76.0 Å². The molecule has 0 bridgehead atoms. The number of anilines is 1. The number of hydrazone groups is 1. The SMILES string of the molecule is CC1Cc2ccccc2N1/N=C/c1cc[n+](C)c2ccc([N+](=O)[O-])cc12.COS(=O)(=O)[O-]. The highest BCUT2D eigenvalue weighted by atomic mass is 32.3. The average Bonchev–Trinajstić information content (AvgIpc) is 3.08. The second-order valence-electron chi connectivity index (χ2n) is 7.19. The summed E-state index contributed by atoms with van der Waals surface area (Å²) >= 11 is 0. The first-order valence-corrected chi connectivity index (χ1v) is 10.9. The molecule has 1 aromatic heterocycles. The van der Waals surface area contributed by atoms with Crippen molar-refractivity contribution in [3.8, 4) is 0 Å². The molecule has 4 rings (SSSR count). The highest BCUT2D eigenvalue weighted by Gasteiger charge is 2.25. The van der Waals surface area contributed by atoms with Gasteiger partial charge in [0.2, 0.25) is 15.9 Å². The highest BCUT2D eigenvalue weighted by molar-refractivity contribution is 7.80. The fourth-order valence-corrected chi connectivity index (χ4v) is 3.50. The first-order valence-electron chi connectivity index (χ1n) is 9.60. The molecule has 0 fully saturated rings. The van der Waals surface area contributed by atoms with Crippen LogP contribution in [0.25, 0.3) is 10.9 Å². The number of hydrogen-bond acceptors (Lipinski definition) is 8. The first-order chi connectivity index (χ1) is 15.1. The third-order valence-electron chi connectivity index (χ3n) is 5.06. The molecule has 0 aliphatic carbocycles. The van der Waals surface area contributed by atoms with E-state index in [4.69, 9.17) is 5.10 Å². The predicted octanol–water partition coefficient (Wildman–Crippen LogP) is 2.45. The Hall–Kier alpha value is -3.41. The van der Waals surface area contributed by atoms with E-state index in [1.165, 1.54) is 11.6 Å². The number of aromatic nitrogens is 1. The quantitative estimate of drug-likeness (QED) is 0.147. The van der Waals surface area contributed by atoms with Crippen molar-refractivity contribution in [1.29, 1.82) is 0 Å². The van der Waals surface area contributed by atoms with E-state index in [0.29, 0.717) is 0 Å². The lowest BCUT2D eigenvalue weighted by Crippen LogP contribution is -2.28. The van der Waals surface area contributed by atoms with Crippen LogP contribution in [-0.2, 0) is 28.1 Å². The number of fused-ring (bicyclic) bond motifs is 2. The van der Waals surface area contributed by atoms with Crippen molar-refractivity contribution in [3.63, 3.8) is 0 Å². The molecule has 0 saturated carbocycles. The molecule has 2 heterocycles. The van der Waals surface area contributed by atoms with E-state index in [0.717, 1.165) is 35.7 Å². The zero-order valence-electron chi connectivity index (χ0n) is 17.7. The van der Waals surface area contributed by atoms with Gasteiger partial charge in [-0.3, -0.25) is 19.3 Å². The monoisotopic (exact) mass is 458 g/mol. The molecule has 1 aliphatic rings. The average molecular weight is 458 g/mol. The van der Waals surface area contributed by atoms with E-state index >= 15 is 0 Å². The van der Waals surface area contributed by atoms with Gasteiger partial charge in [-0.2, -0.15) is 5.10 Å². The number of para-hydroxylation sites is 1. The van der Waals surface area contributed by atoms with Crippen molar-refractivity contribution in [2.24, 2.45) is 12.1 Å². The van der Waals surface area contributed by atoms with Gasteiger partial charge < -0.3 is 4.55 Å². The van der Waals surface area contributed by atoms with Gasteiger partial charge in [-0.15, -0.1) is 0 Å². The van der Waals surface area contributed by atoms with Gasteiger partial charge in [0.15, 0.2) is 6.20 Å². The van der Waals surface area contributed by atoms with Gasteiger partial charge in [0.25, 0.3) is 5.69 Å². The highest BCUT2D eigenvalue weighted by Crippen LogP contribution is 2.32. The van der Waals surface area contributed by atoms with E-state index in [-0.39, 0.29) is 16.7 Å². The van der Waals surface area contributed by atoms with Crippen molar-refractivity contribution < 1.29 is 26.6 Å². The maximum absolute atomic E-state index is 11.1. The number of benzene rings is 2. The molecule has 0 spiro atoms. The largest absolute Gasteiger partial charge is 0.726 e. The van der Waals surface area contributed by atoms with Gasteiger partial charge in [0.1, 0.15) is 7.05 Å². The lowest BCUT2D eigenvalue weighted by Gasteiger charge is -2.18. The lowest BCUT2D eigenvalue weighted by atomic mass is 10.1. The van der Waals surface area contributed by atoms with E-state index in [1.807, 2.05) is 41.0 Å². The fourth-order valence-electron chi connectivity index (χ4n) is 3.50. The Kier molecular flexibility index (Phi) is 6.82. The summed E-state index contributed by atoms with van der Waals surface area (Å²) < 4.78 is 33.0. The Morgan fingerprint density at radius 1 is 1.25 bits per heavy atom. The van der Waals surface area contributed by atoms with E-state index in [2.05, 4.69) is 23.2 Å². The Bertz CT molecular complexity index is 1290. The molecule has 1 atom stereocenters. The van der Waals surface area contributed by atoms with Gasteiger partial charge in [0.05, 0.1) is 35.4 Å². The summed E-state index contributed by atoms with van der Waals surface area (Å²) in [5.41, 5.74) is 4.27. The zero-order valence-corrected chi connectivity index (χ0v) is 18.5. The molecular weight excluding hydrogens is 436 g/mol. The van der Waals surface area contributed by atoms with Crippen LogP contribution in [0.1, 0.15) is 18.1 Å². The minimum atomic E-state index is -4.41. The van der Waals surface area contributed by atoms with Crippen LogP contribution < -0.4 is 9.58 Å². The fraction of sp³-hybridized carbons (Fsp3) is 0.238. The molecule has 32 heavy (non-hydrogen) atoms. The van der Waals surface area contributed by atoms with E-state index in [9.17, 15) is 23.1 Å². The van der Waals surface area contributed by atoms with Crippen LogP contribution in [0.4, 0.5) is 11.4 Å². The van der Waals surface area contributed by atoms with Crippen molar-refractivity contribution >= 4 is 38.9 Å². The van der Waals surface area contributed by atoms with Crippen LogP contribution in [-0.4, -0.2) is 37.3 Å². The molecule has 10 nitrogen and oxygen atoms in total. The van der Waals surface area contributed by atoms with Gasteiger partial charge in [0, 0.05) is 29.8 Å². The second-order valence-corrected chi connectivity index (χ2v) is 8.34. The summed E-state index contributed by atoms with van der Waals surface area (Å²) in [4.78, 5) is 10.8. The molecular formula is C21H22N4O6S. The van der Waals surface area contributed by atoms with Gasteiger partial charge in [-0.1, -0.05) is 18.2 Å². The number of non-ortho nitro benzene ring substituents is 1. The smallest absolute Gasteiger partial charge is 0.270 e. The molecule has 2 aromatic carbocycles. The number of nitrogens with zero attached hydrogens (tertiary/aromatic N) is 4. The van der Waals surface area contributed by atoms with Crippen molar-refractivity contribution in [2.75, 3.05) is 12.1 Å². The van der Waals surface area contributed by atoms with Crippen molar-refractivity contribution in [1.82, 2.24) is 0 Å². The number of nitro benzene ring substituents is 1. The summed E-state index contributed by atoms with van der Waals surface area (Å²) in [6.45, 7) is 2.14. The van der Waals surface area contributed by atoms with Crippen LogP contribution >= 0.6 is 0 Å². The van der Waals surface area contributed by atoms with Crippen LogP contribution in [0.3, 0.4) is 0 Å². The molecule has 3 aromatic rings. The van der Waals surface area contributed by atoms with Crippen molar-refractivity contribution in [2.45, 2.75) is 19.4 Å². The molecule has 11 heteroatoms. The van der Waals surface area contributed by atoms with Gasteiger partial charge in [-0.25, -0.2) is 13.0 Å². The van der Waals surface area contributed by atoms with Gasteiger partial charge in [-0.05, 0) is 25.0 Å². The molecule has 0 saturated heterocycles. The Morgan fingerprint density at radius 2 is 1.94 bits per heavy atom. The Balaban J connectivity index is 0.000000427. The minimum Gasteiger partial charge on any atom is -0.726 e. The molecule has 0 amide bonds. The number of pyridine rings is 1. The summed E-state index contributed by atoms with van der Waals surface area (Å²) in [6, 6.07) is 15.4. The maximum atomic E-state index is 11.1.